The second-order valence-electron chi connectivity index (χ2n) is 33.5. The maximum Gasteiger partial charge on any atom is 0.164 e. The molecule has 19 aromatic carbocycles. The Hall–Kier alpha value is -17.3. The van der Waals surface area contributed by atoms with Gasteiger partial charge in [0, 0.05) is 99.2 Å². The van der Waals surface area contributed by atoms with Crippen LogP contribution in [0.15, 0.2) is 455 Å². The highest BCUT2D eigenvalue weighted by atomic mass is 15.0. The van der Waals surface area contributed by atoms with Crippen molar-refractivity contribution in [2.45, 2.75) is 13.8 Å². The number of fused-ring (bicyclic) bond motifs is 13. The second-order valence-corrected chi connectivity index (χ2v) is 33.5. The third kappa shape index (κ3) is 13.5. The Balaban J connectivity index is 0.000000144. The van der Waals surface area contributed by atoms with Gasteiger partial charge in [-0.2, -0.15) is 0 Å². The first-order chi connectivity index (χ1) is 64.3. The Bertz CT molecular complexity index is 8580. The summed E-state index contributed by atoms with van der Waals surface area (Å²) in [6.07, 6.45) is 0. The molecule has 0 aliphatic rings. The number of aryl methyl sites for hydroxylation is 2. The fourth-order valence-corrected chi connectivity index (χ4v) is 19.6. The molecular weight excluding hydrogens is 1580 g/mol. The van der Waals surface area contributed by atoms with E-state index in [0.717, 1.165) is 106 Å². The maximum atomic E-state index is 5.20. The number of aromatic nitrogens is 9. The van der Waals surface area contributed by atoms with E-state index < -0.39 is 0 Å². The molecule has 9 heteroatoms. The predicted octanol–water partition coefficient (Wildman–Crippen LogP) is 31.2. The van der Waals surface area contributed by atoms with Gasteiger partial charge in [0.15, 0.2) is 23.3 Å². The molecule has 0 saturated heterocycles. The van der Waals surface area contributed by atoms with Gasteiger partial charge in [-0.05, 0) is 214 Å². The van der Waals surface area contributed by atoms with Crippen LogP contribution in [0, 0.1) is 13.8 Å². The molecule has 25 aromatic rings. The molecule has 25 rings (SSSR count). The second kappa shape index (κ2) is 32.1. The van der Waals surface area contributed by atoms with E-state index in [0.29, 0.717) is 17.5 Å². The number of para-hydroxylation sites is 6. The molecule has 0 radical (unpaired) electrons. The Morgan fingerprint density at radius 1 is 0.146 bits per heavy atom. The standard InChI is InChI=1S/C61H39N5.C60H42N4/c1-4-16-41(17-5-1)59-62-60(42-18-6-2-7-19-42)64-61(63-59)53-36-35-47(48-22-10-11-23-49(48)53)44-31-37-57-54(38-44)51-25-13-15-27-56(51)65(57)46-32-28-40(29-33-46)43-30-34-52-50-24-12-14-26-55(50)66(58(52)39-43)45-20-8-3-9-21-45;1-39-34-40(2)51(60-61-54(42-16-6-3-7-17-42)38-55(62-60)43-18-8-4-9-19-43)37-50(39)45-29-33-59-53(36-45)49-23-13-15-25-57(49)64(59)47-30-26-41(27-31-47)44-28-32-58-52(35-44)48-22-12-14-24-56(48)63(58)46-20-10-5-11-21-46/h1-39H;3-38H,1-2H3. The van der Waals surface area contributed by atoms with E-state index in [4.69, 9.17) is 24.9 Å². The number of nitrogens with zero attached hydrogens (tertiary/aromatic N) is 9. The highest BCUT2D eigenvalue weighted by Crippen LogP contribution is 2.45. The van der Waals surface area contributed by atoms with Gasteiger partial charge in [-0.1, -0.05) is 322 Å². The molecule has 0 amide bonds. The van der Waals surface area contributed by atoms with Crippen molar-refractivity contribution in [3.05, 3.63) is 466 Å². The van der Waals surface area contributed by atoms with Gasteiger partial charge >= 0.3 is 0 Å². The molecule has 6 heterocycles. The van der Waals surface area contributed by atoms with E-state index in [1.165, 1.54) is 121 Å². The lowest BCUT2D eigenvalue weighted by molar-refractivity contribution is 1.08. The summed E-state index contributed by atoms with van der Waals surface area (Å²) in [5.74, 6) is 2.66. The summed E-state index contributed by atoms with van der Waals surface area (Å²) in [5, 5.41) is 12.1. The molecule has 0 aliphatic heterocycles. The minimum atomic E-state index is 0.644. The van der Waals surface area contributed by atoms with Gasteiger partial charge < -0.3 is 18.3 Å². The lowest BCUT2D eigenvalue weighted by Crippen LogP contribution is -2.00. The van der Waals surface area contributed by atoms with Crippen LogP contribution in [-0.4, -0.2) is 43.2 Å². The molecule has 0 spiro atoms. The SMILES string of the molecule is Cc1cc(C)c(-c2nc(-c3ccccc3)cc(-c3ccccc3)n2)cc1-c1ccc2c(c1)c1ccccc1n2-c1ccc(-c2ccc3c(c2)c2ccccc2n3-c2ccccc2)cc1.c1ccc(-c2nc(-c3ccccc3)nc(-c3ccc(-c4ccc5c(c4)c4ccccc4n5-c4ccc(-c5ccc6c7ccccc7n(-c7ccccc7)c6c5)cc4)c4ccccc34)n2)cc1. The lowest BCUT2D eigenvalue weighted by atomic mass is 9.93. The molecule has 0 saturated carbocycles. The van der Waals surface area contributed by atoms with Crippen LogP contribution >= 0.6 is 0 Å². The zero-order chi connectivity index (χ0) is 86.3. The molecule has 610 valence electrons. The van der Waals surface area contributed by atoms with Crippen molar-refractivity contribution >= 4 is 98.0 Å². The predicted molar refractivity (Wildman–Crippen MR) is 541 cm³/mol. The summed E-state index contributed by atoms with van der Waals surface area (Å²) in [6.45, 7) is 4.37. The van der Waals surface area contributed by atoms with E-state index in [2.05, 4.69) is 414 Å². The summed E-state index contributed by atoms with van der Waals surface area (Å²) < 4.78 is 9.54. The summed E-state index contributed by atoms with van der Waals surface area (Å²) in [4.78, 5) is 25.5. The Labute approximate surface area is 751 Å². The first-order valence-electron chi connectivity index (χ1n) is 44.3. The topological polar surface area (TPSA) is 84.2 Å². The zero-order valence-corrected chi connectivity index (χ0v) is 71.3. The molecule has 0 N–H and O–H groups in total. The van der Waals surface area contributed by atoms with Crippen LogP contribution in [0.4, 0.5) is 0 Å². The number of hydrogen-bond donors (Lipinski definition) is 0. The van der Waals surface area contributed by atoms with Crippen molar-refractivity contribution in [1.82, 2.24) is 43.2 Å². The van der Waals surface area contributed by atoms with Crippen LogP contribution in [0.5, 0.6) is 0 Å². The Morgan fingerprint density at radius 2 is 0.438 bits per heavy atom. The molecule has 9 nitrogen and oxygen atoms in total. The smallest absolute Gasteiger partial charge is 0.164 e. The summed E-state index contributed by atoms with van der Waals surface area (Å²) in [7, 11) is 0. The van der Waals surface area contributed by atoms with Crippen molar-refractivity contribution in [3.63, 3.8) is 0 Å². The van der Waals surface area contributed by atoms with Gasteiger partial charge in [-0.15, -0.1) is 0 Å². The van der Waals surface area contributed by atoms with Crippen LogP contribution in [0.3, 0.4) is 0 Å². The lowest BCUT2D eigenvalue weighted by Gasteiger charge is -2.15. The Morgan fingerprint density at radius 3 is 0.892 bits per heavy atom. The van der Waals surface area contributed by atoms with Crippen molar-refractivity contribution in [1.29, 1.82) is 0 Å². The minimum Gasteiger partial charge on any atom is -0.309 e. The maximum absolute atomic E-state index is 5.20. The first kappa shape index (κ1) is 76.4. The summed E-state index contributed by atoms with van der Waals surface area (Å²) in [6, 6.07) is 163. The molecule has 0 unspecified atom stereocenters. The first-order valence-corrected chi connectivity index (χ1v) is 44.3. The van der Waals surface area contributed by atoms with Gasteiger partial charge in [-0.3, -0.25) is 0 Å². The normalized spacial score (nSPS) is 11.6. The van der Waals surface area contributed by atoms with E-state index in [9.17, 15) is 0 Å². The van der Waals surface area contributed by atoms with Gasteiger partial charge in [0.2, 0.25) is 0 Å². The molecule has 6 aromatic heterocycles. The highest BCUT2D eigenvalue weighted by Gasteiger charge is 2.24. The highest BCUT2D eigenvalue weighted by molar-refractivity contribution is 6.15. The molecule has 0 aliphatic carbocycles. The minimum absolute atomic E-state index is 0.644. The van der Waals surface area contributed by atoms with Crippen LogP contribution in [0.1, 0.15) is 11.1 Å². The van der Waals surface area contributed by atoms with Crippen LogP contribution in [-0.2, 0) is 0 Å². The number of hydrogen-bond acceptors (Lipinski definition) is 5. The van der Waals surface area contributed by atoms with Gasteiger partial charge in [0.05, 0.1) is 55.5 Å². The molecule has 130 heavy (non-hydrogen) atoms. The fraction of sp³-hybridized carbons (Fsp3) is 0.0165. The van der Waals surface area contributed by atoms with Crippen molar-refractivity contribution in [3.8, 4) is 135 Å². The third-order valence-corrected chi connectivity index (χ3v) is 25.8. The van der Waals surface area contributed by atoms with Gasteiger partial charge in [-0.25, -0.2) is 24.9 Å². The Kier molecular flexibility index (Phi) is 18.8. The average Bonchev–Trinajstić information content (AvgIpc) is 1.56. The molecule has 0 fully saturated rings. The number of rotatable bonds is 14. The quantitative estimate of drug-likeness (QED) is 0.108. The molecule has 0 atom stereocenters. The van der Waals surface area contributed by atoms with E-state index in [1.807, 2.05) is 72.8 Å². The monoisotopic (exact) mass is 1660 g/mol. The van der Waals surface area contributed by atoms with Crippen LogP contribution in [0.25, 0.3) is 233 Å². The van der Waals surface area contributed by atoms with Crippen molar-refractivity contribution in [2.24, 2.45) is 0 Å². The molecular formula is C121H81N9. The zero-order valence-electron chi connectivity index (χ0n) is 71.3. The largest absolute Gasteiger partial charge is 0.309 e. The van der Waals surface area contributed by atoms with E-state index in [-0.39, 0.29) is 0 Å². The average molecular weight is 1660 g/mol. The van der Waals surface area contributed by atoms with Crippen molar-refractivity contribution in [2.75, 3.05) is 0 Å². The third-order valence-electron chi connectivity index (χ3n) is 25.8. The number of benzene rings is 19. The van der Waals surface area contributed by atoms with Gasteiger partial charge in [0.1, 0.15) is 0 Å². The van der Waals surface area contributed by atoms with E-state index in [1.54, 1.807) is 0 Å². The van der Waals surface area contributed by atoms with E-state index >= 15 is 0 Å². The molecule has 0 bridgehead atoms. The summed E-state index contributed by atoms with van der Waals surface area (Å²) >= 11 is 0. The van der Waals surface area contributed by atoms with Crippen LogP contribution < -0.4 is 0 Å². The van der Waals surface area contributed by atoms with Crippen LogP contribution in [0.2, 0.25) is 0 Å². The van der Waals surface area contributed by atoms with Gasteiger partial charge in [0.25, 0.3) is 0 Å². The summed E-state index contributed by atoms with van der Waals surface area (Å²) in [5.41, 5.74) is 33.6. The fourth-order valence-electron chi connectivity index (χ4n) is 19.6. The van der Waals surface area contributed by atoms with Crippen molar-refractivity contribution < 1.29 is 0 Å².